The van der Waals surface area contributed by atoms with Crippen molar-refractivity contribution >= 4 is 40.5 Å². The van der Waals surface area contributed by atoms with Crippen LogP contribution >= 0.6 is 23.2 Å². The number of amidine groups is 1. The molecule has 1 aromatic carbocycles. The summed E-state index contributed by atoms with van der Waals surface area (Å²) in [6, 6.07) is 1.57. The summed E-state index contributed by atoms with van der Waals surface area (Å²) in [6.45, 7) is 5.28. The van der Waals surface area contributed by atoms with Crippen LogP contribution in [0.1, 0.15) is 12.0 Å². The predicted molar refractivity (Wildman–Crippen MR) is 128 cm³/mol. The summed E-state index contributed by atoms with van der Waals surface area (Å²) >= 11 is 13.1. The van der Waals surface area contributed by atoms with Gasteiger partial charge in [-0.05, 0) is 26.1 Å². The molecule has 2 aliphatic rings. The number of piperazine rings is 1. The number of hydrogen-bond acceptors (Lipinski definition) is 7. The molecule has 32 heavy (non-hydrogen) atoms. The number of carbonyl (C=O) groups is 1. The van der Waals surface area contributed by atoms with Crippen molar-refractivity contribution in [2.45, 2.75) is 6.42 Å². The molecule has 2 aliphatic heterocycles. The van der Waals surface area contributed by atoms with E-state index in [0.29, 0.717) is 29.2 Å². The molecular weight excluding hydrogens is 453 g/mol. The molecule has 2 heterocycles. The Morgan fingerprint density at radius 3 is 2.22 bits per heavy atom. The number of halogens is 2. The van der Waals surface area contributed by atoms with Gasteiger partial charge in [-0.15, -0.1) is 0 Å². The van der Waals surface area contributed by atoms with Crippen LogP contribution < -0.4 is 15.2 Å². The average Bonchev–Trinajstić information content (AvgIpc) is 2.79. The fraction of sp³-hybridized carbons (Fsp3) is 0.455. The highest BCUT2D eigenvalue weighted by Gasteiger charge is 2.33. The molecule has 174 valence electrons. The first-order chi connectivity index (χ1) is 15.3. The zero-order valence-electron chi connectivity index (χ0n) is 18.6. The second kappa shape index (κ2) is 10.6. The van der Waals surface area contributed by atoms with Crippen LogP contribution in [0.25, 0.3) is 5.57 Å². The van der Waals surface area contributed by atoms with Gasteiger partial charge in [-0.25, -0.2) is 0 Å². The lowest BCUT2D eigenvalue weighted by molar-refractivity contribution is -0.121. The summed E-state index contributed by atoms with van der Waals surface area (Å²) in [5.74, 6) is 0.356. The molecular formula is C22H29Cl2N5O3. The number of benzene rings is 1. The monoisotopic (exact) mass is 481 g/mol. The molecule has 0 aromatic heterocycles. The minimum Gasteiger partial charge on any atom is -0.495 e. The third-order valence-corrected chi connectivity index (χ3v) is 6.54. The number of likely N-dealkylation sites (N-methyl/N-ethyl adjacent to an activating group) is 1. The van der Waals surface area contributed by atoms with E-state index >= 15 is 0 Å². The first-order valence-electron chi connectivity index (χ1n) is 10.4. The van der Waals surface area contributed by atoms with Crippen molar-refractivity contribution in [3.63, 3.8) is 0 Å². The molecule has 0 aliphatic carbocycles. The third kappa shape index (κ3) is 4.88. The molecule has 1 amide bonds. The summed E-state index contributed by atoms with van der Waals surface area (Å²) in [5, 5.41) is 8.87. The fourth-order valence-electron chi connectivity index (χ4n) is 3.85. The molecule has 1 aromatic rings. The van der Waals surface area contributed by atoms with E-state index in [0.717, 1.165) is 39.1 Å². The lowest BCUT2D eigenvalue weighted by Gasteiger charge is -2.34. The van der Waals surface area contributed by atoms with Crippen LogP contribution in [-0.4, -0.2) is 87.0 Å². The Labute approximate surface area is 198 Å². The van der Waals surface area contributed by atoms with Crippen molar-refractivity contribution in [3.05, 3.63) is 39.5 Å². The van der Waals surface area contributed by atoms with Gasteiger partial charge in [0.2, 0.25) is 0 Å². The molecule has 3 N–H and O–H groups in total. The first-order valence-corrected chi connectivity index (χ1v) is 11.1. The summed E-state index contributed by atoms with van der Waals surface area (Å²) in [4.78, 5) is 19.5. The molecule has 0 spiro atoms. The standard InChI is InChI=1S/C22H29Cl2N5O3/c1-27-7-9-28(10-8-27)5-4-6-29-21(26)14(13-25)11-15(22(29)30)18-19(23)16(31-2)12-17(32-3)20(18)24/h11-13,26H,4-10,25H2,1-3H3/b14-13-,26-21?. The highest BCUT2D eigenvalue weighted by Crippen LogP contribution is 2.45. The van der Waals surface area contributed by atoms with E-state index in [-0.39, 0.29) is 27.4 Å². The van der Waals surface area contributed by atoms with E-state index < -0.39 is 0 Å². The number of nitrogens with two attached hydrogens (primary N) is 1. The number of nitrogens with zero attached hydrogens (tertiary/aromatic N) is 3. The van der Waals surface area contributed by atoms with Gasteiger partial charge in [0.1, 0.15) is 17.3 Å². The van der Waals surface area contributed by atoms with Crippen LogP contribution in [0.15, 0.2) is 23.9 Å². The quantitative estimate of drug-likeness (QED) is 0.621. The number of methoxy groups -OCH3 is 2. The highest BCUT2D eigenvalue weighted by atomic mass is 35.5. The Bertz CT molecular complexity index is 927. The lowest BCUT2D eigenvalue weighted by Crippen LogP contribution is -2.46. The minimum atomic E-state index is -0.363. The van der Waals surface area contributed by atoms with Crippen molar-refractivity contribution in [2.75, 3.05) is 60.5 Å². The lowest BCUT2D eigenvalue weighted by atomic mass is 9.96. The zero-order valence-corrected chi connectivity index (χ0v) is 20.1. The number of ether oxygens (including phenoxy) is 2. The number of hydrogen-bond donors (Lipinski definition) is 2. The van der Waals surface area contributed by atoms with Gasteiger partial charge < -0.3 is 25.0 Å². The molecule has 0 radical (unpaired) electrons. The van der Waals surface area contributed by atoms with Crippen molar-refractivity contribution in [2.24, 2.45) is 5.73 Å². The Morgan fingerprint density at radius 2 is 1.69 bits per heavy atom. The second-order valence-corrected chi connectivity index (χ2v) is 8.52. The van der Waals surface area contributed by atoms with Gasteiger partial charge in [-0.2, -0.15) is 0 Å². The Balaban J connectivity index is 1.88. The number of amides is 1. The summed E-state index contributed by atoms with van der Waals surface area (Å²) < 4.78 is 10.7. The van der Waals surface area contributed by atoms with E-state index in [9.17, 15) is 4.79 Å². The van der Waals surface area contributed by atoms with Gasteiger partial charge >= 0.3 is 0 Å². The molecule has 0 unspecified atom stereocenters. The van der Waals surface area contributed by atoms with Crippen molar-refractivity contribution < 1.29 is 14.3 Å². The fourth-order valence-corrected chi connectivity index (χ4v) is 4.56. The highest BCUT2D eigenvalue weighted by molar-refractivity contribution is 6.43. The maximum absolute atomic E-state index is 13.5. The molecule has 1 saturated heterocycles. The Morgan fingerprint density at radius 1 is 1.09 bits per heavy atom. The second-order valence-electron chi connectivity index (χ2n) is 7.77. The number of nitrogens with one attached hydrogen (secondary N) is 1. The SMILES string of the molecule is COc1cc(OC)c(Cl)c(C2=C/C(=C/N)C(=N)N(CCCN3CCN(C)CC3)C2=O)c1Cl. The first kappa shape index (κ1) is 24.4. The maximum Gasteiger partial charge on any atom is 0.260 e. The normalized spacial score (nSPS) is 19.5. The third-order valence-electron chi connectivity index (χ3n) is 5.79. The van der Waals surface area contributed by atoms with E-state index in [1.54, 1.807) is 6.07 Å². The topological polar surface area (TPSA) is 95.1 Å². The van der Waals surface area contributed by atoms with Crippen LogP contribution in [0, 0.1) is 5.41 Å². The van der Waals surface area contributed by atoms with E-state index in [1.165, 1.54) is 31.4 Å². The van der Waals surface area contributed by atoms with Crippen molar-refractivity contribution in [3.8, 4) is 11.5 Å². The largest absolute Gasteiger partial charge is 0.495 e. The molecule has 1 fully saturated rings. The van der Waals surface area contributed by atoms with Gasteiger partial charge in [0.25, 0.3) is 5.91 Å². The summed E-state index contributed by atoms with van der Waals surface area (Å²) in [7, 11) is 5.06. The molecule has 3 rings (SSSR count). The molecule has 0 saturated carbocycles. The summed E-state index contributed by atoms with van der Waals surface area (Å²) in [5.41, 5.74) is 6.72. The van der Waals surface area contributed by atoms with Crippen LogP contribution in [0.3, 0.4) is 0 Å². The van der Waals surface area contributed by atoms with Crippen LogP contribution in [0.4, 0.5) is 0 Å². The van der Waals surface area contributed by atoms with E-state index in [4.69, 9.17) is 43.8 Å². The predicted octanol–water partition coefficient (Wildman–Crippen LogP) is 2.69. The Kier molecular flexibility index (Phi) is 8.05. The van der Waals surface area contributed by atoms with E-state index in [1.807, 2.05) is 0 Å². The molecule has 0 bridgehead atoms. The average molecular weight is 482 g/mol. The van der Waals surface area contributed by atoms with Gasteiger partial charge in [0.05, 0.1) is 29.8 Å². The summed E-state index contributed by atoms with van der Waals surface area (Å²) in [6.07, 6.45) is 3.57. The molecule has 0 atom stereocenters. The molecule has 8 nitrogen and oxygen atoms in total. The number of rotatable bonds is 7. The van der Waals surface area contributed by atoms with E-state index in [2.05, 4.69) is 16.8 Å². The van der Waals surface area contributed by atoms with Crippen LogP contribution in [-0.2, 0) is 4.79 Å². The number of carbonyl (C=O) groups excluding carboxylic acids is 1. The minimum absolute atomic E-state index is 0.0572. The smallest absolute Gasteiger partial charge is 0.260 e. The Hall–Kier alpha value is -2.26. The van der Waals surface area contributed by atoms with Gasteiger partial charge in [0.15, 0.2) is 0 Å². The van der Waals surface area contributed by atoms with Crippen LogP contribution in [0.2, 0.25) is 10.0 Å². The molecule has 10 heteroatoms. The maximum atomic E-state index is 13.5. The van der Waals surface area contributed by atoms with Gasteiger partial charge in [-0.1, -0.05) is 23.2 Å². The van der Waals surface area contributed by atoms with Crippen molar-refractivity contribution in [1.29, 1.82) is 5.41 Å². The van der Waals surface area contributed by atoms with Gasteiger partial charge in [0, 0.05) is 56.1 Å². The van der Waals surface area contributed by atoms with Gasteiger partial charge in [-0.3, -0.25) is 15.1 Å². The van der Waals surface area contributed by atoms with Crippen LogP contribution in [0.5, 0.6) is 11.5 Å². The zero-order chi connectivity index (χ0) is 23.4. The van der Waals surface area contributed by atoms with Crippen molar-refractivity contribution in [1.82, 2.24) is 14.7 Å².